The molecule has 0 radical (unpaired) electrons. The van der Waals surface area contributed by atoms with E-state index >= 15 is 0 Å². The van der Waals surface area contributed by atoms with Crippen LogP contribution in [0.2, 0.25) is 0 Å². The second-order valence-electron chi connectivity index (χ2n) is 6.81. The molecule has 0 aliphatic carbocycles. The van der Waals surface area contributed by atoms with Gasteiger partial charge in [-0.25, -0.2) is 22.6 Å². The number of esters is 1. The fourth-order valence-corrected chi connectivity index (χ4v) is 3.84. The SMILES string of the molecule is COCCNS(=O)(=O)c1ccc(C(=O)OCC(=O)Nc2c(C#N)cnn2-c2ccccc2)cc1. The highest BCUT2D eigenvalue weighted by Crippen LogP contribution is 2.19. The fraction of sp³-hybridized carbons (Fsp3) is 0.182. The van der Waals surface area contributed by atoms with E-state index in [1.165, 1.54) is 42.3 Å². The van der Waals surface area contributed by atoms with Crippen LogP contribution in [0.4, 0.5) is 5.82 Å². The summed E-state index contributed by atoms with van der Waals surface area (Å²) in [5.41, 5.74) is 0.832. The van der Waals surface area contributed by atoms with Gasteiger partial charge in [-0.15, -0.1) is 0 Å². The molecule has 12 heteroatoms. The number of benzene rings is 2. The third-order valence-corrected chi connectivity index (χ3v) is 5.96. The molecule has 0 spiro atoms. The van der Waals surface area contributed by atoms with Gasteiger partial charge in [0.05, 0.1) is 29.0 Å². The molecule has 1 aromatic heterocycles. The summed E-state index contributed by atoms with van der Waals surface area (Å²) in [4.78, 5) is 24.6. The Balaban J connectivity index is 1.61. The van der Waals surface area contributed by atoms with Crippen LogP contribution in [0.3, 0.4) is 0 Å². The van der Waals surface area contributed by atoms with Crippen molar-refractivity contribution in [2.75, 3.05) is 32.2 Å². The van der Waals surface area contributed by atoms with Crippen molar-refractivity contribution >= 4 is 27.7 Å². The van der Waals surface area contributed by atoms with Crippen molar-refractivity contribution in [3.63, 3.8) is 0 Å². The first-order valence-electron chi connectivity index (χ1n) is 9.95. The molecule has 2 aromatic carbocycles. The van der Waals surface area contributed by atoms with Gasteiger partial charge >= 0.3 is 5.97 Å². The summed E-state index contributed by atoms with van der Waals surface area (Å²) in [5.74, 6) is -1.35. The third kappa shape index (κ3) is 6.04. The third-order valence-electron chi connectivity index (χ3n) is 4.48. The predicted molar refractivity (Wildman–Crippen MR) is 121 cm³/mol. The smallest absolute Gasteiger partial charge is 0.338 e. The van der Waals surface area contributed by atoms with Crippen LogP contribution in [-0.4, -0.2) is 56.9 Å². The Kier molecular flexibility index (Phi) is 8.10. The minimum atomic E-state index is -3.74. The number of aromatic nitrogens is 2. The summed E-state index contributed by atoms with van der Waals surface area (Å²) in [6.45, 7) is -0.301. The van der Waals surface area contributed by atoms with Crippen LogP contribution in [-0.2, 0) is 24.3 Å². The molecule has 11 nitrogen and oxygen atoms in total. The molecule has 1 amide bonds. The molecular weight excluding hydrogens is 462 g/mol. The first-order valence-corrected chi connectivity index (χ1v) is 11.4. The molecule has 1 heterocycles. The van der Waals surface area contributed by atoms with E-state index in [1.54, 1.807) is 24.3 Å². The van der Waals surface area contributed by atoms with Crippen molar-refractivity contribution < 1.29 is 27.5 Å². The summed E-state index contributed by atoms with van der Waals surface area (Å²) >= 11 is 0. The normalized spacial score (nSPS) is 10.9. The summed E-state index contributed by atoms with van der Waals surface area (Å²) < 4.78 is 37.9. The van der Waals surface area contributed by atoms with E-state index in [2.05, 4.69) is 15.1 Å². The lowest BCUT2D eigenvalue weighted by Crippen LogP contribution is -2.27. The summed E-state index contributed by atoms with van der Waals surface area (Å²) in [5, 5.41) is 16.0. The lowest BCUT2D eigenvalue weighted by Gasteiger charge is -2.10. The van der Waals surface area contributed by atoms with Crippen molar-refractivity contribution in [3.05, 3.63) is 71.9 Å². The van der Waals surface area contributed by atoms with Crippen LogP contribution in [0.25, 0.3) is 5.69 Å². The number of nitriles is 1. The monoisotopic (exact) mass is 483 g/mol. The van der Waals surface area contributed by atoms with Crippen molar-refractivity contribution in [1.29, 1.82) is 5.26 Å². The molecule has 3 aromatic rings. The maximum absolute atomic E-state index is 12.4. The van der Waals surface area contributed by atoms with E-state index in [0.717, 1.165) is 0 Å². The van der Waals surface area contributed by atoms with Crippen LogP contribution in [0.1, 0.15) is 15.9 Å². The number of anilines is 1. The van der Waals surface area contributed by atoms with E-state index in [-0.39, 0.29) is 35.0 Å². The highest BCUT2D eigenvalue weighted by atomic mass is 32.2. The number of hydrogen-bond acceptors (Lipinski definition) is 8. The average Bonchev–Trinajstić information content (AvgIpc) is 3.25. The first-order chi connectivity index (χ1) is 16.4. The highest BCUT2D eigenvalue weighted by Gasteiger charge is 2.18. The zero-order chi connectivity index (χ0) is 24.6. The Hall–Kier alpha value is -4.05. The largest absolute Gasteiger partial charge is 0.452 e. The summed E-state index contributed by atoms with van der Waals surface area (Å²) in [6.07, 6.45) is 1.31. The topological polar surface area (TPSA) is 152 Å². The van der Waals surface area contributed by atoms with E-state index in [1.807, 2.05) is 12.1 Å². The second kappa shape index (κ2) is 11.2. The number of carbonyl (C=O) groups excluding carboxylic acids is 2. The molecule has 3 rings (SSSR count). The molecule has 0 aliphatic rings. The summed E-state index contributed by atoms with van der Waals surface area (Å²) in [7, 11) is -2.29. The van der Waals surface area contributed by atoms with Crippen molar-refractivity contribution in [3.8, 4) is 11.8 Å². The van der Waals surface area contributed by atoms with Gasteiger partial charge in [0.25, 0.3) is 5.91 Å². The molecule has 0 fully saturated rings. The van der Waals surface area contributed by atoms with Gasteiger partial charge in [-0.05, 0) is 36.4 Å². The van der Waals surface area contributed by atoms with Crippen LogP contribution in [0.15, 0.2) is 65.7 Å². The molecular formula is C22H21N5O6S. The quantitative estimate of drug-likeness (QED) is 0.325. The molecule has 0 saturated carbocycles. The predicted octanol–water partition coefficient (Wildman–Crippen LogP) is 1.46. The molecule has 176 valence electrons. The molecule has 0 bridgehead atoms. The first kappa shape index (κ1) is 24.6. The van der Waals surface area contributed by atoms with Crippen LogP contribution in [0, 0.1) is 11.3 Å². The Bertz CT molecular complexity index is 1300. The minimum Gasteiger partial charge on any atom is -0.452 e. The van der Waals surface area contributed by atoms with Gasteiger partial charge < -0.3 is 14.8 Å². The number of rotatable bonds is 10. The van der Waals surface area contributed by atoms with E-state index in [4.69, 9.17) is 9.47 Å². The molecule has 2 N–H and O–H groups in total. The Morgan fingerprint density at radius 2 is 1.82 bits per heavy atom. The van der Waals surface area contributed by atoms with Gasteiger partial charge in [-0.1, -0.05) is 18.2 Å². The Morgan fingerprint density at radius 3 is 2.47 bits per heavy atom. The molecule has 0 saturated heterocycles. The Morgan fingerprint density at radius 1 is 1.12 bits per heavy atom. The molecule has 0 atom stereocenters. The van der Waals surface area contributed by atoms with Crippen molar-refractivity contribution in [2.24, 2.45) is 0 Å². The standard InChI is InChI=1S/C22H21N5O6S/c1-32-12-11-25-34(30,31)19-9-7-16(8-10-19)22(29)33-15-20(28)26-21-17(13-23)14-24-27(21)18-5-3-2-4-6-18/h2-10,14,25H,11-12,15H2,1H3,(H,26,28). The number of methoxy groups -OCH3 is 1. The van der Waals surface area contributed by atoms with Crippen LogP contribution in [0.5, 0.6) is 0 Å². The van der Waals surface area contributed by atoms with Gasteiger partial charge in [0.1, 0.15) is 11.6 Å². The number of nitrogens with zero attached hydrogens (tertiary/aromatic N) is 3. The molecule has 34 heavy (non-hydrogen) atoms. The number of amides is 1. The number of nitrogens with one attached hydrogen (secondary N) is 2. The zero-order valence-corrected chi connectivity index (χ0v) is 18.9. The number of para-hydroxylation sites is 1. The maximum Gasteiger partial charge on any atom is 0.338 e. The maximum atomic E-state index is 12.4. The second-order valence-corrected chi connectivity index (χ2v) is 8.57. The molecule has 0 unspecified atom stereocenters. The fourth-order valence-electron chi connectivity index (χ4n) is 2.83. The van der Waals surface area contributed by atoms with Gasteiger partial charge in [0, 0.05) is 13.7 Å². The molecule has 0 aliphatic heterocycles. The van der Waals surface area contributed by atoms with Gasteiger partial charge in [0.15, 0.2) is 12.4 Å². The highest BCUT2D eigenvalue weighted by molar-refractivity contribution is 7.89. The van der Waals surface area contributed by atoms with Crippen LogP contribution >= 0.6 is 0 Å². The summed E-state index contributed by atoms with van der Waals surface area (Å²) in [6, 6.07) is 15.9. The average molecular weight is 484 g/mol. The number of ether oxygens (including phenoxy) is 2. The van der Waals surface area contributed by atoms with Crippen molar-refractivity contribution in [1.82, 2.24) is 14.5 Å². The minimum absolute atomic E-state index is 0.0314. The van der Waals surface area contributed by atoms with Crippen LogP contribution < -0.4 is 10.0 Å². The Labute approximate surface area is 196 Å². The number of hydrogen-bond donors (Lipinski definition) is 2. The van der Waals surface area contributed by atoms with E-state index in [9.17, 15) is 23.3 Å². The van der Waals surface area contributed by atoms with Gasteiger partial charge in [-0.3, -0.25) is 4.79 Å². The number of sulfonamides is 1. The van der Waals surface area contributed by atoms with Crippen molar-refractivity contribution in [2.45, 2.75) is 4.90 Å². The lowest BCUT2D eigenvalue weighted by molar-refractivity contribution is -0.119. The zero-order valence-electron chi connectivity index (χ0n) is 18.1. The van der Waals surface area contributed by atoms with E-state index < -0.39 is 28.5 Å². The van der Waals surface area contributed by atoms with E-state index in [0.29, 0.717) is 5.69 Å². The van der Waals surface area contributed by atoms with Gasteiger partial charge in [-0.2, -0.15) is 10.4 Å². The lowest BCUT2D eigenvalue weighted by atomic mass is 10.2. The number of carbonyl (C=O) groups is 2. The van der Waals surface area contributed by atoms with Gasteiger partial charge in [0.2, 0.25) is 10.0 Å².